The fourth-order valence-corrected chi connectivity index (χ4v) is 5.80. The molecule has 4 fully saturated rings. The summed E-state index contributed by atoms with van der Waals surface area (Å²) in [5, 5.41) is 9.79. The summed E-state index contributed by atoms with van der Waals surface area (Å²) in [6.45, 7) is 3.16. The molecule has 0 amide bonds. The molecule has 4 heterocycles. The Bertz CT molecular complexity index is 751. The van der Waals surface area contributed by atoms with Gasteiger partial charge < -0.3 is 9.13 Å². The van der Waals surface area contributed by atoms with E-state index in [-0.39, 0.29) is 11.9 Å². The highest BCUT2D eigenvalue weighted by atomic mass is 32.1. The Morgan fingerprint density at radius 1 is 1.08 bits per heavy atom. The van der Waals surface area contributed by atoms with Crippen LogP contribution in [0.25, 0.3) is 10.6 Å². The molecule has 3 aliphatic heterocycles. The monoisotopic (exact) mass is 342 g/mol. The number of ether oxygens (including phenoxy) is 1. The summed E-state index contributed by atoms with van der Waals surface area (Å²) in [7, 11) is 6.49. The quantitative estimate of drug-likeness (QED) is 0.805. The van der Waals surface area contributed by atoms with E-state index < -0.39 is 0 Å². The number of nitrogens with zero attached hydrogens (tertiary/aromatic N) is 3. The van der Waals surface area contributed by atoms with Crippen LogP contribution in [0.15, 0.2) is 24.3 Å². The lowest BCUT2D eigenvalue weighted by Crippen LogP contribution is -2.70. The minimum atomic E-state index is -0.248. The topological polar surface area (TPSA) is 35.0 Å². The number of piperidine rings is 3. The molecule has 2 unspecified atom stereocenters. The highest BCUT2D eigenvalue weighted by Crippen LogP contribution is 2.47. The van der Waals surface area contributed by atoms with Crippen LogP contribution in [-0.2, 0) is 0 Å². The molecule has 0 spiro atoms. The molecule has 1 aromatic heterocycles. The van der Waals surface area contributed by atoms with Gasteiger partial charge in [0, 0.05) is 23.3 Å². The third-order valence-corrected chi connectivity index (χ3v) is 6.62. The molecule has 1 aromatic carbocycles. The molecule has 122 valence electrons. The van der Waals surface area contributed by atoms with Crippen LogP contribution in [0.1, 0.15) is 12.8 Å². The molecule has 4 aliphatic rings. The van der Waals surface area contributed by atoms with Gasteiger partial charge in [-0.2, -0.15) is 0 Å². The molecule has 0 N–H and O–H groups in total. The van der Waals surface area contributed by atoms with Crippen molar-refractivity contribution < 1.29 is 13.5 Å². The van der Waals surface area contributed by atoms with Crippen molar-refractivity contribution in [2.75, 3.05) is 19.6 Å². The molecule has 1 saturated carbocycles. The summed E-state index contributed by atoms with van der Waals surface area (Å²) >= 11 is 1.43. The number of aromatic nitrogens is 2. The first-order chi connectivity index (χ1) is 11.6. The first-order valence-corrected chi connectivity index (χ1v) is 9.30. The van der Waals surface area contributed by atoms with E-state index in [1.54, 1.807) is 12.1 Å². The number of benzene rings is 1. The van der Waals surface area contributed by atoms with Crippen molar-refractivity contribution in [3.05, 3.63) is 30.1 Å². The standard InChI is InChI=1S/C17H18BFN3OS/c18-22-7-10-5-12(8-22)15(13(6-10)9-22)23-17-21-20-16(24-17)11-1-3-14(19)4-2-11/h1-4,10,12-13,15H,5-9H2/q+1. The van der Waals surface area contributed by atoms with E-state index in [4.69, 9.17) is 12.7 Å². The maximum absolute atomic E-state index is 13.0. The third-order valence-electron chi connectivity index (χ3n) is 5.75. The van der Waals surface area contributed by atoms with Gasteiger partial charge in [-0.15, -0.1) is 5.10 Å². The fraction of sp³-hybridized carbons (Fsp3) is 0.529. The molecular formula is C17H18BFN3OS+. The van der Waals surface area contributed by atoms with E-state index in [1.165, 1.54) is 36.3 Å². The molecule has 2 atom stereocenters. The van der Waals surface area contributed by atoms with Crippen molar-refractivity contribution in [1.29, 1.82) is 0 Å². The van der Waals surface area contributed by atoms with Crippen molar-refractivity contribution >= 4 is 19.3 Å². The Morgan fingerprint density at radius 3 is 2.46 bits per heavy atom. The maximum atomic E-state index is 13.0. The van der Waals surface area contributed by atoms with Crippen LogP contribution in [0, 0.1) is 23.6 Å². The number of hydrogen-bond acceptors (Lipinski definition) is 4. The zero-order valence-electron chi connectivity index (χ0n) is 13.3. The normalized spacial score (nSPS) is 36.9. The zero-order chi connectivity index (χ0) is 16.3. The van der Waals surface area contributed by atoms with Crippen LogP contribution >= 0.6 is 11.3 Å². The van der Waals surface area contributed by atoms with Gasteiger partial charge in [-0.3, -0.25) is 0 Å². The average Bonchev–Trinajstić information content (AvgIpc) is 2.99. The molecule has 7 heteroatoms. The van der Waals surface area contributed by atoms with Gasteiger partial charge in [-0.25, -0.2) is 4.39 Å². The average molecular weight is 342 g/mol. The Labute approximate surface area is 145 Å². The predicted molar refractivity (Wildman–Crippen MR) is 90.0 cm³/mol. The van der Waals surface area contributed by atoms with Crippen molar-refractivity contribution in [2.45, 2.75) is 18.9 Å². The molecule has 4 bridgehead atoms. The van der Waals surface area contributed by atoms with Crippen LogP contribution in [0.4, 0.5) is 4.39 Å². The second kappa shape index (κ2) is 5.26. The molecule has 4 nitrogen and oxygen atoms in total. The highest BCUT2D eigenvalue weighted by molar-refractivity contribution is 7.16. The number of halogens is 1. The lowest BCUT2D eigenvalue weighted by molar-refractivity contribution is -0.852. The second-order valence-electron chi connectivity index (χ2n) is 7.59. The van der Waals surface area contributed by atoms with Crippen molar-refractivity contribution in [2.24, 2.45) is 17.8 Å². The SMILES string of the molecule is [B][N+]12CC3CC(C1)C(Oc1nnc(-c4ccc(F)cc4)s1)C(C3)C2. The van der Waals surface area contributed by atoms with E-state index in [2.05, 4.69) is 10.2 Å². The van der Waals surface area contributed by atoms with E-state index in [1.807, 2.05) is 0 Å². The largest absolute Gasteiger partial charge is 0.481 e. The molecule has 24 heavy (non-hydrogen) atoms. The predicted octanol–water partition coefficient (Wildman–Crippen LogP) is 2.66. The van der Waals surface area contributed by atoms with Crippen LogP contribution in [0.2, 0.25) is 0 Å². The molecular weight excluding hydrogens is 324 g/mol. The summed E-state index contributed by atoms with van der Waals surface area (Å²) < 4.78 is 20.0. The number of rotatable bonds is 3. The summed E-state index contributed by atoms with van der Waals surface area (Å²) in [5.41, 5.74) is 0.867. The maximum Gasteiger partial charge on any atom is 0.481 e. The summed E-state index contributed by atoms with van der Waals surface area (Å²) in [4.78, 5) is 0. The zero-order valence-corrected chi connectivity index (χ0v) is 14.1. The molecule has 6 rings (SSSR count). The molecule has 3 saturated heterocycles. The van der Waals surface area contributed by atoms with Gasteiger partial charge in [0.25, 0.3) is 5.19 Å². The van der Waals surface area contributed by atoms with Crippen LogP contribution in [0.3, 0.4) is 0 Å². The van der Waals surface area contributed by atoms with Crippen molar-refractivity contribution in [3.8, 4) is 15.8 Å². The Morgan fingerprint density at radius 2 is 1.79 bits per heavy atom. The fourth-order valence-electron chi connectivity index (χ4n) is 5.06. The van der Waals surface area contributed by atoms with Gasteiger partial charge >= 0.3 is 7.98 Å². The van der Waals surface area contributed by atoms with Crippen molar-refractivity contribution in [3.63, 3.8) is 0 Å². The lowest BCUT2D eigenvalue weighted by Gasteiger charge is -2.59. The highest BCUT2D eigenvalue weighted by Gasteiger charge is 2.55. The minimum absolute atomic E-state index is 0.213. The summed E-state index contributed by atoms with van der Waals surface area (Å²) in [6, 6.07) is 6.32. The van der Waals surface area contributed by atoms with Crippen molar-refractivity contribution in [1.82, 2.24) is 10.2 Å². The first kappa shape index (κ1) is 14.8. The molecule has 2 aromatic rings. The Hall–Kier alpha value is -1.47. The number of quaternary nitrogens is 1. The van der Waals surface area contributed by atoms with Gasteiger partial charge in [0.1, 0.15) is 11.9 Å². The van der Waals surface area contributed by atoms with Crippen LogP contribution < -0.4 is 4.74 Å². The molecule has 1 aliphatic carbocycles. The lowest BCUT2D eigenvalue weighted by atomic mass is 9.63. The van der Waals surface area contributed by atoms with Gasteiger partial charge in [-0.1, -0.05) is 16.4 Å². The third kappa shape index (κ3) is 2.45. The van der Waals surface area contributed by atoms with E-state index in [0.29, 0.717) is 17.0 Å². The first-order valence-electron chi connectivity index (χ1n) is 8.49. The molecule has 2 radical (unpaired) electrons. The van der Waals surface area contributed by atoms with Gasteiger partial charge in [0.05, 0.1) is 19.6 Å². The van der Waals surface area contributed by atoms with Gasteiger partial charge in [0.2, 0.25) is 0 Å². The smallest absolute Gasteiger partial charge is 0.465 e. The number of hydrogen-bond donors (Lipinski definition) is 0. The Balaban J connectivity index is 1.35. The van der Waals surface area contributed by atoms with E-state index in [9.17, 15) is 4.39 Å². The summed E-state index contributed by atoms with van der Waals surface area (Å²) in [5.74, 6) is 1.57. The van der Waals surface area contributed by atoms with E-state index >= 15 is 0 Å². The van der Waals surface area contributed by atoms with E-state index in [0.717, 1.165) is 40.5 Å². The summed E-state index contributed by atoms with van der Waals surface area (Å²) in [6.07, 6.45) is 2.66. The van der Waals surface area contributed by atoms with Crippen LogP contribution in [-0.4, -0.2) is 48.3 Å². The minimum Gasteiger partial charge on any atom is -0.465 e. The van der Waals surface area contributed by atoms with Crippen LogP contribution in [0.5, 0.6) is 5.19 Å². The van der Waals surface area contributed by atoms with Gasteiger partial charge in [-0.05, 0) is 37.1 Å². The van der Waals surface area contributed by atoms with Gasteiger partial charge in [0.15, 0.2) is 5.01 Å². The second-order valence-corrected chi connectivity index (χ2v) is 8.53. The Kier molecular flexibility index (Phi) is 3.26.